The molecule has 0 amide bonds. The zero-order valence-electron chi connectivity index (χ0n) is 11.3. The van der Waals surface area contributed by atoms with Crippen LogP contribution in [0.15, 0.2) is 24.3 Å². The molecule has 1 atom stereocenters. The molecule has 0 fully saturated rings. The number of fused-ring (bicyclic) bond motifs is 1. The Morgan fingerprint density at radius 1 is 1.44 bits per heavy atom. The summed E-state index contributed by atoms with van der Waals surface area (Å²) < 4.78 is 5.62. The van der Waals surface area contributed by atoms with Crippen LogP contribution >= 0.6 is 0 Å². The van der Waals surface area contributed by atoms with Crippen molar-refractivity contribution >= 4 is 5.78 Å². The Kier molecular flexibility index (Phi) is 3.71. The van der Waals surface area contributed by atoms with Crippen molar-refractivity contribution in [3.05, 3.63) is 29.8 Å². The Labute approximate surface area is 109 Å². The number of ketones is 1. The molecule has 0 saturated carbocycles. The fraction of sp³-hybridized carbons (Fsp3) is 0.533. The van der Waals surface area contributed by atoms with Gasteiger partial charge in [-0.2, -0.15) is 0 Å². The van der Waals surface area contributed by atoms with E-state index in [1.165, 1.54) is 5.56 Å². The van der Waals surface area contributed by atoms with E-state index in [9.17, 15) is 4.79 Å². The third-order valence-corrected chi connectivity index (χ3v) is 3.84. The highest BCUT2D eigenvalue weighted by atomic mass is 16.5. The summed E-state index contributed by atoms with van der Waals surface area (Å²) in [6.07, 6.45) is 1.50. The summed E-state index contributed by atoms with van der Waals surface area (Å²) in [5, 5.41) is 3.07. The highest BCUT2D eigenvalue weighted by molar-refractivity contribution is 5.88. The third kappa shape index (κ3) is 2.56. The van der Waals surface area contributed by atoms with E-state index in [1.54, 1.807) is 0 Å². The molecule has 3 nitrogen and oxygen atoms in total. The lowest BCUT2D eigenvalue weighted by atomic mass is 9.84. The molecular formula is C15H21NO2. The van der Waals surface area contributed by atoms with Gasteiger partial charge in [-0.15, -0.1) is 0 Å². The maximum absolute atomic E-state index is 12.3. The van der Waals surface area contributed by atoms with Gasteiger partial charge in [-0.05, 0) is 44.9 Å². The molecule has 0 aliphatic carbocycles. The van der Waals surface area contributed by atoms with Crippen LogP contribution in [-0.4, -0.2) is 25.0 Å². The first kappa shape index (κ1) is 13.1. The zero-order chi connectivity index (χ0) is 13.2. The van der Waals surface area contributed by atoms with Gasteiger partial charge in [0, 0.05) is 6.42 Å². The first-order chi connectivity index (χ1) is 8.54. The summed E-state index contributed by atoms with van der Waals surface area (Å²) in [5.74, 6) is 1.48. The Bertz CT molecular complexity index is 440. The molecule has 1 aliphatic rings. The fourth-order valence-corrected chi connectivity index (χ4v) is 2.25. The number of para-hydroxylation sites is 1. The predicted molar refractivity (Wildman–Crippen MR) is 72.1 cm³/mol. The fourth-order valence-electron chi connectivity index (χ4n) is 2.25. The van der Waals surface area contributed by atoms with E-state index in [4.69, 9.17) is 4.74 Å². The highest BCUT2D eigenvalue weighted by Gasteiger charge is 2.30. The minimum atomic E-state index is -0.451. The van der Waals surface area contributed by atoms with Gasteiger partial charge in [-0.1, -0.05) is 18.2 Å². The van der Waals surface area contributed by atoms with Gasteiger partial charge in [0.1, 0.15) is 5.75 Å². The van der Waals surface area contributed by atoms with Crippen molar-refractivity contribution in [3.8, 4) is 5.75 Å². The second kappa shape index (κ2) is 5.11. The maximum atomic E-state index is 12.3. The monoisotopic (exact) mass is 247 g/mol. The molecular weight excluding hydrogens is 226 g/mol. The molecule has 0 spiro atoms. The summed E-state index contributed by atoms with van der Waals surface area (Å²) in [4.78, 5) is 12.3. The summed E-state index contributed by atoms with van der Waals surface area (Å²) in [6.45, 7) is 4.57. The normalized spacial score (nSPS) is 18.9. The number of hydrogen-bond donors (Lipinski definition) is 1. The van der Waals surface area contributed by atoms with Gasteiger partial charge in [0.15, 0.2) is 5.78 Å². The summed E-state index contributed by atoms with van der Waals surface area (Å²) in [5.41, 5.74) is 0.719. The standard InChI is InChI=1S/C15H21NO2/c1-15(2,16-3)14(17)10-11-8-9-18-13-7-5-4-6-12(11)13/h4-7,11,16H,8-10H2,1-3H3. The summed E-state index contributed by atoms with van der Waals surface area (Å²) in [7, 11) is 1.83. The Balaban J connectivity index is 2.15. The smallest absolute Gasteiger partial charge is 0.152 e. The zero-order valence-corrected chi connectivity index (χ0v) is 11.3. The first-order valence-corrected chi connectivity index (χ1v) is 6.48. The van der Waals surface area contributed by atoms with E-state index >= 15 is 0 Å². The van der Waals surface area contributed by atoms with E-state index in [0.717, 1.165) is 12.2 Å². The number of nitrogens with one attached hydrogen (secondary N) is 1. The first-order valence-electron chi connectivity index (χ1n) is 6.48. The van der Waals surface area contributed by atoms with Gasteiger partial charge >= 0.3 is 0 Å². The molecule has 1 aromatic carbocycles. The van der Waals surface area contributed by atoms with Crippen LogP contribution in [0.25, 0.3) is 0 Å². The molecule has 0 aromatic heterocycles. The van der Waals surface area contributed by atoms with Crippen molar-refractivity contribution in [1.82, 2.24) is 5.32 Å². The molecule has 2 rings (SSSR count). The average Bonchev–Trinajstić information content (AvgIpc) is 2.39. The van der Waals surface area contributed by atoms with Crippen LogP contribution in [-0.2, 0) is 4.79 Å². The van der Waals surface area contributed by atoms with E-state index < -0.39 is 5.54 Å². The molecule has 1 N–H and O–H groups in total. The van der Waals surface area contributed by atoms with Crippen molar-refractivity contribution in [2.45, 2.75) is 38.1 Å². The molecule has 18 heavy (non-hydrogen) atoms. The molecule has 98 valence electrons. The van der Waals surface area contributed by atoms with Crippen molar-refractivity contribution < 1.29 is 9.53 Å². The SMILES string of the molecule is CNC(C)(C)C(=O)CC1CCOc2ccccc21. The topological polar surface area (TPSA) is 38.3 Å². The minimum absolute atomic E-state index is 0.256. The van der Waals surface area contributed by atoms with Crippen molar-refractivity contribution in [2.24, 2.45) is 0 Å². The number of likely N-dealkylation sites (N-methyl/N-ethyl adjacent to an activating group) is 1. The quantitative estimate of drug-likeness (QED) is 0.888. The third-order valence-electron chi connectivity index (χ3n) is 3.84. The molecule has 1 aromatic rings. The van der Waals surface area contributed by atoms with Gasteiger partial charge in [-0.25, -0.2) is 0 Å². The van der Waals surface area contributed by atoms with Gasteiger partial charge in [0.2, 0.25) is 0 Å². The molecule has 1 aliphatic heterocycles. The van der Waals surface area contributed by atoms with Crippen molar-refractivity contribution in [3.63, 3.8) is 0 Å². The number of hydrogen-bond acceptors (Lipinski definition) is 3. The molecule has 0 saturated heterocycles. The van der Waals surface area contributed by atoms with Crippen molar-refractivity contribution in [1.29, 1.82) is 0 Å². The van der Waals surface area contributed by atoms with E-state index in [0.29, 0.717) is 13.0 Å². The van der Waals surface area contributed by atoms with Crippen LogP contribution in [0.3, 0.4) is 0 Å². The lowest BCUT2D eigenvalue weighted by Crippen LogP contribution is -2.45. The number of carbonyl (C=O) groups excluding carboxylic acids is 1. The number of Topliss-reactive ketones (excluding diaryl/α,β-unsaturated/α-hetero) is 1. The predicted octanol–water partition coefficient (Wildman–Crippen LogP) is 2.51. The molecule has 1 unspecified atom stereocenters. The highest BCUT2D eigenvalue weighted by Crippen LogP contribution is 2.36. The lowest BCUT2D eigenvalue weighted by molar-refractivity contribution is -0.124. The average molecular weight is 247 g/mol. The van der Waals surface area contributed by atoms with Crippen molar-refractivity contribution in [2.75, 3.05) is 13.7 Å². The van der Waals surface area contributed by atoms with E-state index in [2.05, 4.69) is 11.4 Å². The Hall–Kier alpha value is -1.35. The minimum Gasteiger partial charge on any atom is -0.493 e. The molecule has 0 radical (unpaired) electrons. The van der Waals surface area contributed by atoms with E-state index in [-0.39, 0.29) is 11.7 Å². The van der Waals surface area contributed by atoms with Crippen LogP contribution in [0.1, 0.15) is 38.2 Å². The largest absolute Gasteiger partial charge is 0.493 e. The van der Waals surface area contributed by atoms with Crippen LogP contribution in [0.2, 0.25) is 0 Å². The lowest BCUT2D eigenvalue weighted by Gasteiger charge is -2.29. The molecule has 0 bridgehead atoms. The number of rotatable bonds is 4. The number of carbonyl (C=O) groups is 1. The second-order valence-corrected chi connectivity index (χ2v) is 5.37. The van der Waals surface area contributed by atoms with E-state index in [1.807, 2.05) is 39.1 Å². The van der Waals surface area contributed by atoms with Crippen LogP contribution in [0.4, 0.5) is 0 Å². The summed E-state index contributed by atoms with van der Waals surface area (Å²) >= 11 is 0. The molecule has 1 heterocycles. The van der Waals surface area contributed by atoms with Crippen LogP contribution in [0, 0.1) is 0 Å². The molecule has 3 heteroatoms. The Morgan fingerprint density at radius 3 is 2.89 bits per heavy atom. The van der Waals surface area contributed by atoms with Gasteiger partial charge < -0.3 is 10.1 Å². The number of ether oxygens (including phenoxy) is 1. The number of benzene rings is 1. The van der Waals surface area contributed by atoms with Crippen LogP contribution in [0.5, 0.6) is 5.75 Å². The van der Waals surface area contributed by atoms with Gasteiger partial charge in [-0.3, -0.25) is 4.79 Å². The second-order valence-electron chi connectivity index (χ2n) is 5.37. The summed E-state index contributed by atoms with van der Waals surface area (Å²) in [6, 6.07) is 8.03. The van der Waals surface area contributed by atoms with Crippen LogP contribution < -0.4 is 10.1 Å². The maximum Gasteiger partial charge on any atom is 0.152 e. The Morgan fingerprint density at radius 2 is 2.17 bits per heavy atom. The van der Waals surface area contributed by atoms with Gasteiger partial charge in [0.25, 0.3) is 0 Å². The van der Waals surface area contributed by atoms with Gasteiger partial charge in [0.05, 0.1) is 12.1 Å².